The van der Waals surface area contributed by atoms with Gasteiger partial charge in [-0.3, -0.25) is 14.5 Å². The maximum Gasteiger partial charge on any atom is 0.408 e. The maximum atomic E-state index is 14.3. The molecule has 1 heterocycles. The second-order valence-corrected chi connectivity index (χ2v) is 9.85. The molecule has 2 unspecified atom stereocenters. The van der Waals surface area contributed by atoms with Gasteiger partial charge in [-0.25, -0.2) is 8.51 Å². The summed E-state index contributed by atoms with van der Waals surface area (Å²) in [7, 11) is -1.53. The minimum atomic E-state index is -4.48. The molecule has 1 fully saturated rings. The molecule has 2 aromatic carbocycles. The zero-order chi connectivity index (χ0) is 26.3. The predicted molar refractivity (Wildman–Crippen MR) is 133 cm³/mol. The van der Waals surface area contributed by atoms with Crippen LogP contribution in [0.4, 0.5) is 13.2 Å². The van der Waals surface area contributed by atoms with Crippen molar-refractivity contribution < 1.29 is 27.0 Å². The standard InChI is InChI=1S/C25H29F3N4O3S/c1-3-13-29-22(33)16-30-23(34)17-32(36(2)35)19-11-14-31(15-12-19)24(25(26,27)28)21-10-6-8-18-7-4-5-9-20(18)21/h1,4-10,19,24H,11-17H2,2H3,(H,29,33)(H,30,34). The van der Waals surface area contributed by atoms with Crippen molar-refractivity contribution in [3.63, 3.8) is 0 Å². The number of rotatable bonds is 9. The highest BCUT2D eigenvalue weighted by molar-refractivity contribution is 7.81. The van der Waals surface area contributed by atoms with E-state index < -0.39 is 35.0 Å². The third-order valence-electron chi connectivity index (χ3n) is 6.16. The highest BCUT2D eigenvalue weighted by Gasteiger charge is 2.46. The van der Waals surface area contributed by atoms with E-state index >= 15 is 0 Å². The average molecular weight is 523 g/mol. The number of hydrogen-bond donors (Lipinski definition) is 2. The van der Waals surface area contributed by atoms with E-state index in [9.17, 15) is 27.0 Å². The summed E-state index contributed by atoms with van der Waals surface area (Å²) in [6.45, 7) is -0.219. The molecular weight excluding hydrogens is 493 g/mol. The van der Waals surface area contributed by atoms with Crippen molar-refractivity contribution in [1.82, 2.24) is 19.8 Å². The number of fused-ring (bicyclic) bond motifs is 1. The first-order valence-corrected chi connectivity index (χ1v) is 13.0. The Hall–Kier alpha value is -2.94. The number of benzene rings is 2. The van der Waals surface area contributed by atoms with Crippen molar-refractivity contribution in [1.29, 1.82) is 0 Å². The summed E-state index contributed by atoms with van der Waals surface area (Å²) < 4.78 is 56.7. The number of piperidine rings is 1. The first-order valence-electron chi connectivity index (χ1n) is 11.5. The molecule has 0 radical (unpaired) electrons. The lowest BCUT2D eigenvalue weighted by Gasteiger charge is -2.41. The van der Waals surface area contributed by atoms with Gasteiger partial charge in [-0.1, -0.05) is 48.4 Å². The fourth-order valence-electron chi connectivity index (χ4n) is 4.52. The van der Waals surface area contributed by atoms with Crippen LogP contribution in [0.3, 0.4) is 0 Å². The molecule has 7 nitrogen and oxygen atoms in total. The topological polar surface area (TPSA) is 81.8 Å². The summed E-state index contributed by atoms with van der Waals surface area (Å²) in [6.07, 6.45) is 2.63. The van der Waals surface area contributed by atoms with Crippen LogP contribution < -0.4 is 10.6 Å². The Balaban J connectivity index is 1.68. The van der Waals surface area contributed by atoms with E-state index in [0.29, 0.717) is 18.2 Å². The Morgan fingerprint density at radius 3 is 2.44 bits per heavy atom. The average Bonchev–Trinajstić information content (AvgIpc) is 2.84. The van der Waals surface area contributed by atoms with Crippen molar-refractivity contribution in [2.45, 2.75) is 31.1 Å². The van der Waals surface area contributed by atoms with Gasteiger partial charge in [0.1, 0.15) is 6.04 Å². The van der Waals surface area contributed by atoms with Crippen LogP contribution in [0.15, 0.2) is 42.5 Å². The molecule has 2 atom stereocenters. The lowest BCUT2D eigenvalue weighted by Crippen LogP contribution is -2.51. The summed E-state index contributed by atoms with van der Waals surface area (Å²) in [5.74, 6) is 1.29. The Labute approximate surface area is 211 Å². The molecule has 0 aliphatic carbocycles. The molecule has 1 aliphatic heterocycles. The van der Waals surface area contributed by atoms with Crippen molar-refractivity contribution in [3.05, 3.63) is 48.0 Å². The molecule has 2 amide bonds. The zero-order valence-electron chi connectivity index (χ0n) is 19.9. The molecule has 194 valence electrons. The largest absolute Gasteiger partial charge is 0.408 e. The van der Waals surface area contributed by atoms with E-state index in [1.807, 2.05) is 0 Å². The number of amides is 2. The van der Waals surface area contributed by atoms with Crippen LogP contribution >= 0.6 is 0 Å². The van der Waals surface area contributed by atoms with Gasteiger partial charge in [-0.15, -0.1) is 6.42 Å². The van der Waals surface area contributed by atoms with E-state index in [4.69, 9.17) is 6.42 Å². The van der Waals surface area contributed by atoms with Gasteiger partial charge in [0.25, 0.3) is 0 Å². The quantitative estimate of drug-likeness (QED) is 0.496. The smallest absolute Gasteiger partial charge is 0.346 e. The van der Waals surface area contributed by atoms with Crippen LogP contribution in [0.2, 0.25) is 0 Å². The van der Waals surface area contributed by atoms with Gasteiger partial charge in [-0.2, -0.15) is 13.2 Å². The molecule has 3 rings (SSSR count). The third kappa shape index (κ3) is 7.06. The second kappa shape index (κ2) is 12.3. The minimum absolute atomic E-state index is 0.0378. The highest BCUT2D eigenvalue weighted by Crippen LogP contribution is 2.42. The van der Waals surface area contributed by atoms with Gasteiger partial charge in [0.05, 0.1) is 30.6 Å². The Morgan fingerprint density at radius 2 is 1.81 bits per heavy atom. The lowest BCUT2D eigenvalue weighted by molar-refractivity contribution is -0.189. The number of carbonyl (C=O) groups is 2. The molecule has 0 aromatic heterocycles. The number of nitrogens with zero attached hydrogens (tertiary/aromatic N) is 2. The Bertz CT molecular complexity index is 1140. The van der Waals surface area contributed by atoms with Crippen molar-refractivity contribution in [2.75, 3.05) is 39.0 Å². The summed E-state index contributed by atoms with van der Waals surface area (Å²) in [4.78, 5) is 25.3. The molecule has 0 saturated carbocycles. The van der Waals surface area contributed by atoms with Crippen LogP contribution in [0.5, 0.6) is 0 Å². The molecule has 2 N–H and O–H groups in total. The Kier molecular flexibility index (Phi) is 9.48. The molecule has 1 aliphatic rings. The number of carbonyl (C=O) groups excluding carboxylic acids is 2. The molecular formula is C25H29F3N4O3S. The number of alkyl halides is 3. The number of nitrogens with one attached hydrogen (secondary N) is 2. The van der Waals surface area contributed by atoms with Gasteiger partial charge < -0.3 is 10.6 Å². The maximum absolute atomic E-state index is 14.3. The molecule has 0 bridgehead atoms. The van der Waals surface area contributed by atoms with Gasteiger partial charge in [0.15, 0.2) is 0 Å². The van der Waals surface area contributed by atoms with Gasteiger partial charge in [0.2, 0.25) is 11.8 Å². The fourth-order valence-corrected chi connectivity index (χ4v) is 5.45. The first kappa shape index (κ1) is 27.6. The van der Waals surface area contributed by atoms with Crippen LogP contribution in [-0.2, 0) is 20.6 Å². The van der Waals surface area contributed by atoms with E-state index in [1.165, 1.54) is 21.5 Å². The lowest BCUT2D eigenvalue weighted by atomic mass is 9.94. The fraction of sp³-hybridized carbons (Fsp3) is 0.440. The normalized spacial score (nSPS) is 16.9. The molecule has 11 heteroatoms. The SMILES string of the molecule is C#CCNC(=O)CNC(=O)CN(C1CCN(C(c2cccc3ccccc23)C(F)(F)F)CC1)S(C)=O. The van der Waals surface area contributed by atoms with Crippen molar-refractivity contribution in [3.8, 4) is 12.3 Å². The minimum Gasteiger partial charge on any atom is -0.346 e. The summed E-state index contributed by atoms with van der Waals surface area (Å²) in [5.41, 5.74) is 0.206. The van der Waals surface area contributed by atoms with Crippen LogP contribution in [-0.4, -0.2) is 76.4 Å². The van der Waals surface area contributed by atoms with Gasteiger partial charge >= 0.3 is 6.18 Å². The molecule has 1 saturated heterocycles. The van der Waals surface area contributed by atoms with Crippen molar-refractivity contribution >= 4 is 33.6 Å². The highest BCUT2D eigenvalue weighted by atomic mass is 32.2. The summed E-state index contributed by atoms with van der Waals surface area (Å²) in [5, 5.41) is 6.17. The van der Waals surface area contributed by atoms with Crippen LogP contribution in [0, 0.1) is 12.3 Å². The number of terminal acetylenes is 1. The van der Waals surface area contributed by atoms with Crippen molar-refractivity contribution in [2.24, 2.45) is 0 Å². The van der Waals surface area contributed by atoms with Gasteiger partial charge in [0, 0.05) is 25.4 Å². The van der Waals surface area contributed by atoms with E-state index in [2.05, 4.69) is 16.6 Å². The number of likely N-dealkylation sites (tertiary alicyclic amines) is 1. The molecule has 0 spiro atoms. The first-order chi connectivity index (χ1) is 17.1. The zero-order valence-corrected chi connectivity index (χ0v) is 20.7. The van der Waals surface area contributed by atoms with E-state index in [-0.39, 0.29) is 44.3 Å². The molecule has 36 heavy (non-hydrogen) atoms. The van der Waals surface area contributed by atoms with E-state index in [0.717, 1.165) is 5.39 Å². The monoisotopic (exact) mass is 522 g/mol. The number of halogens is 3. The summed E-state index contributed by atoms with van der Waals surface area (Å²) in [6, 6.07) is 9.84. The van der Waals surface area contributed by atoms with Crippen LogP contribution in [0.1, 0.15) is 24.4 Å². The molecule has 2 aromatic rings. The third-order valence-corrected chi connectivity index (χ3v) is 7.25. The Morgan fingerprint density at radius 1 is 1.14 bits per heavy atom. The van der Waals surface area contributed by atoms with E-state index in [1.54, 1.807) is 36.4 Å². The number of hydrogen-bond acceptors (Lipinski definition) is 4. The predicted octanol–water partition coefficient (Wildman–Crippen LogP) is 2.37. The van der Waals surface area contributed by atoms with Gasteiger partial charge in [-0.05, 0) is 29.2 Å². The van der Waals surface area contributed by atoms with Crippen LogP contribution in [0.25, 0.3) is 10.8 Å². The summed E-state index contributed by atoms with van der Waals surface area (Å²) >= 11 is 0. The second-order valence-electron chi connectivity index (χ2n) is 8.54.